The van der Waals surface area contributed by atoms with Crippen molar-refractivity contribution >= 4 is 81.9 Å². The molecule has 0 radical (unpaired) electrons. The van der Waals surface area contributed by atoms with E-state index in [1.807, 2.05) is 50.2 Å². The summed E-state index contributed by atoms with van der Waals surface area (Å²) in [6, 6.07) is 4.34. The second-order valence-electron chi connectivity index (χ2n) is 29.3. The Labute approximate surface area is 683 Å². The highest BCUT2D eigenvalue weighted by molar-refractivity contribution is 5.97. The lowest BCUT2D eigenvalue weighted by atomic mass is 9.85. The van der Waals surface area contributed by atoms with Crippen LogP contribution >= 0.6 is 0 Å². The Morgan fingerprint density at radius 2 is 1.15 bits per heavy atom. The SMILES string of the molecule is CCc1c2c(nc3ccccc13)-c1cc3c(c(=O)n1C2)COC(=O)[C@@]3(CC)OC(=O)[C@@H](NC(=O)[C@@H]1CCCN1C(=O)[C@H](CC(N)=O)NC(=O)CN(C)CCN(C)CCN(C)CCNC(=O)CCCC(=O)N[C@@H](CCC(=O)NCCNC(=O)CCOCCOCCOCCN)C(=O)NCCNC(=O)CCOCCOCCOCCN)C(C)C. The third-order valence-corrected chi connectivity index (χ3v) is 20.0. The zero-order valence-corrected chi connectivity index (χ0v) is 69.0. The Balaban J connectivity index is 0.892. The van der Waals surface area contributed by atoms with Crippen molar-refractivity contribution in [1.29, 1.82) is 0 Å². The minimum Gasteiger partial charge on any atom is -0.457 e. The van der Waals surface area contributed by atoms with Gasteiger partial charge < -0.3 is 117 Å². The maximum atomic E-state index is 14.6. The van der Waals surface area contributed by atoms with Crippen LogP contribution in [-0.2, 0) is 121 Å². The summed E-state index contributed by atoms with van der Waals surface area (Å²) >= 11 is 0. The van der Waals surface area contributed by atoms with Crippen LogP contribution in [0.4, 0.5) is 0 Å². The third kappa shape index (κ3) is 31.9. The summed E-state index contributed by atoms with van der Waals surface area (Å²) < 4.78 is 45.5. The Morgan fingerprint density at radius 1 is 0.615 bits per heavy atom. The van der Waals surface area contributed by atoms with Gasteiger partial charge in [0.05, 0.1) is 121 Å². The predicted octanol–water partition coefficient (Wildman–Crippen LogP) is -2.71. The number of likely N-dealkylation sites (tertiary alicyclic amines) is 1. The van der Waals surface area contributed by atoms with Gasteiger partial charge in [-0.1, -0.05) is 45.9 Å². The molecule has 3 aliphatic rings. The van der Waals surface area contributed by atoms with E-state index in [0.717, 1.165) is 22.0 Å². The van der Waals surface area contributed by atoms with E-state index in [0.29, 0.717) is 136 Å². The van der Waals surface area contributed by atoms with Gasteiger partial charge in [-0.2, -0.15) is 0 Å². The number of pyridine rings is 2. The van der Waals surface area contributed by atoms with Crippen LogP contribution in [0.3, 0.4) is 0 Å². The molecule has 6 rings (SSSR count). The molecule has 652 valence electrons. The van der Waals surface area contributed by atoms with Gasteiger partial charge in [0.15, 0.2) is 0 Å². The number of aryl methyl sites for hydroxylation is 1. The Bertz CT molecular complexity index is 3830. The number of esters is 2. The van der Waals surface area contributed by atoms with Gasteiger partial charge in [-0.15, -0.1) is 0 Å². The largest absolute Gasteiger partial charge is 0.457 e. The number of nitrogens with zero attached hydrogens (tertiary/aromatic N) is 6. The monoisotopic (exact) mass is 1650 g/mol. The lowest BCUT2D eigenvalue weighted by Crippen LogP contribution is -2.58. The van der Waals surface area contributed by atoms with E-state index in [1.54, 1.807) is 43.4 Å². The van der Waals surface area contributed by atoms with E-state index in [-0.39, 0.29) is 159 Å². The van der Waals surface area contributed by atoms with Crippen LogP contribution in [0, 0.1) is 5.92 Å². The van der Waals surface area contributed by atoms with E-state index < -0.39 is 101 Å². The molecule has 38 nitrogen and oxygen atoms in total. The van der Waals surface area contributed by atoms with Gasteiger partial charge >= 0.3 is 11.9 Å². The molecular weight excluding hydrogens is 1520 g/mol. The topological polar surface area (TPSA) is 501 Å². The highest BCUT2D eigenvalue weighted by atomic mass is 16.6. The van der Waals surface area contributed by atoms with Crippen molar-refractivity contribution in [3.8, 4) is 11.4 Å². The highest BCUT2D eigenvalue weighted by Crippen LogP contribution is 2.42. The second kappa shape index (κ2) is 51.9. The van der Waals surface area contributed by atoms with E-state index in [4.69, 9.17) is 60.1 Å². The highest BCUT2D eigenvalue weighted by Gasteiger charge is 2.52. The van der Waals surface area contributed by atoms with Crippen LogP contribution in [0.15, 0.2) is 35.1 Å². The van der Waals surface area contributed by atoms with E-state index in [2.05, 4.69) is 47.4 Å². The van der Waals surface area contributed by atoms with Crippen molar-refractivity contribution in [2.75, 3.05) is 192 Å². The van der Waals surface area contributed by atoms with Crippen molar-refractivity contribution in [2.24, 2.45) is 23.1 Å². The first-order valence-corrected chi connectivity index (χ1v) is 40.6. The molecule has 0 spiro atoms. The van der Waals surface area contributed by atoms with E-state index in [1.165, 1.54) is 4.90 Å². The lowest BCUT2D eigenvalue weighted by molar-refractivity contribution is -0.191. The number of ether oxygens (including phenoxy) is 8. The number of carbonyl (C=O) groups excluding carboxylic acids is 12. The zero-order chi connectivity index (χ0) is 85.2. The number of aromatic nitrogens is 2. The minimum atomic E-state index is -2.08. The molecule has 3 aromatic rings. The minimum absolute atomic E-state index is 0.0157. The van der Waals surface area contributed by atoms with Gasteiger partial charge in [-0.05, 0) is 83.3 Å². The molecule has 38 heteroatoms. The Kier molecular flexibility index (Phi) is 42.8. The molecule has 5 atom stereocenters. The maximum Gasteiger partial charge on any atom is 0.355 e. The number of carbonyl (C=O) groups is 12. The number of cyclic esters (lactones) is 1. The first-order valence-electron chi connectivity index (χ1n) is 40.6. The number of hydrogen-bond acceptors (Lipinski definition) is 27. The number of benzene rings is 1. The van der Waals surface area contributed by atoms with Crippen LogP contribution in [0.1, 0.15) is 121 Å². The first-order chi connectivity index (χ1) is 56.2. The molecule has 0 bridgehead atoms. The van der Waals surface area contributed by atoms with Crippen LogP contribution < -0.4 is 65.3 Å². The van der Waals surface area contributed by atoms with Crippen LogP contribution in [0.2, 0.25) is 0 Å². The summed E-state index contributed by atoms with van der Waals surface area (Å²) in [6.07, 6.45) is 0.550. The molecule has 0 unspecified atom stereocenters. The van der Waals surface area contributed by atoms with Crippen molar-refractivity contribution in [3.63, 3.8) is 0 Å². The third-order valence-electron chi connectivity index (χ3n) is 20.0. The molecule has 1 fully saturated rings. The molecule has 5 heterocycles. The summed E-state index contributed by atoms with van der Waals surface area (Å²) in [5.74, 6) is -7.78. The predicted molar refractivity (Wildman–Crippen MR) is 430 cm³/mol. The summed E-state index contributed by atoms with van der Waals surface area (Å²) in [6.45, 7) is 15.1. The normalized spacial score (nSPS) is 15.6. The lowest BCUT2D eigenvalue weighted by Gasteiger charge is -2.37. The van der Waals surface area contributed by atoms with E-state index >= 15 is 0 Å². The van der Waals surface area contributed by atoms with Gasteiger partial charge in [-0.25, -0.2) is 14.6 Å². The number of likely N-dealkylation sites (N-methyl/N-ethyl adjacent to an activating group) is 3. The molecular formula is C79H125N17O21. The number of amides is 10. The van der Waals surface area contributed by atoms with Crippen LogP contribution in [-0.4, -0.2) is 316 Å². The van der Waals surface area contributed by atoms with Crippen molar-refractivity contribution in [1.82, 2.24) is 71.7 Å². The van der Waals surface area contributed by atoms with E-state index in [9.17, 15) is 62.3 Å². The number of para-hydroxylation sites is 1. The number of nitrogens with one attached hydrogen (secondary N) is 8. The summed E-state index contributed by atoms with van der Waals surface area (Å²) in [5.41, 5.74) is 17.9. The molecule has 14 N–H and O–H groups in total. The fraction of sp³-hybridized carbons (Fsp3) is 0.671. The molecule has 0 saturated carbocycles. The standard InChI is InChI=1S/C79H125N17O21/c1-8-54-55-14-10-11-15-59(55)90-72-56(54)50-96-63(72)48-58-57(75(96)106)52-116-78(109)79(58,9-2)117-77(108)71(53(3)4)91-74(105)62-16-13-30-95(62)76(107)61(49-64(82)97)89-70(103)51-94(7)35-34-93(6)33-32-92(5)31-29-86-65(98)17-12-18-69(102)88-60(73(104)87-28-27-85-68(101)22-37-111-41-45-115-47-43-113-39-24-81)19-20-66(99)83-25-26-84-67(100)21-36-110-40-44-114-46-42-112-38-23-80/h10-11,14-15,48,53,60-62,71H,8-9,12-13,16-47,49-52,80-81H2,1-7H3,(H2,82,97)(H,83,99)(H,84,100)(H,85,101)(H,86,98)(H,87,104)(H,88,102)(H,89,103)(H,91,105)/t60-,61-,62-,71-,79-/m0/s1. The van der Waals surface area contributed by atoms with Crippen molar-refractivity contribution in [3.05, 3.63) is 62.9 Å². The molecule has 1 aromatic carbocycles. The summed E-state index contributed by atoms with van der Waals surface area (Å²) in [7, 11) is 5.52. The maximum absolute atomic E-state index is 14.6. The molecule has 0 aliphatic carbocycles. The number of primary amides is 1. The van der Waals surface area contributed by atoms with Crippen LogP contribution in [0.25, 0.3) is 22.3 Å². The van der Waals surface area contributed by atoms with Crippen molar-refractivity contribution < 1.29 is 95.4 Å². The van der Waals surface area contributed by atoms with Gasteiger partial charge in [-0.3, -0.25) is 57.6 Å². The van der Waals surface area contributed by atoms with Crippen LogP contribution in [0.5, 0.6) is 0 Å². The molecule has 3 aliphatic heterocycles. The first kappa shape index (κ1) is 96.6. The molecule has 117 heavy (non-hydrogen) atoms. The van der Waals surface area contributed by atoms with Gasteiger partial charge in [0.1, 0.15) is 30.8 Å². The number of nitrogens with two attached hydrogens (primary N) is 3. The van der Waals surface area contributed by atoms with Gasteiger partial charge in [0, 0.05) is 134 Å². The smallest absolute Gasteiger partial charge is 0.355 e. The van der Waals surface area contributed by atoms with Gasteiger partial charge in [0.2, 0.25) is 64.7 Å². The number of rotatable bonds is 59. The molecule has 10 amide bonds. The molecule has 2 aromatic heterocycles. The fourth-order valence-corrected chi connectivity index (χ4v) is 13.5. The fourth-order valence-electron chi connectivity index (χ4n) is 13.5. The average molecular weight is 1650 g/mol. The molecule has 1 saturated heterocycles. The zero-order valence-electron chi connectivity index (χ0n) is 69.0. The summed E-state index contributed by atoms with van der Waals surface area (Å²) in [5, 5.41) is 22.7. The summed E-state index contributed by atoms with van der Waals surface area (Å²) in [4.78, 5) is 187. The Hall–Kier alpha value is -9.22. The number of fused-ring (bicyclic) bond motifs is 5. The van der Waals surface area contributed by atoms with Crippen molar-refractivity contribution in [2.45, 2.75) is 148 Å². The van der Waals surface area contributed by atoms with Gasteiger partial charge in [0.25, 0.3) is 5.56 Å². The average Bonchev–Trinajstić information content (AvgIpc) is 1.62. The second-order valence-corrected chi connectivity index (χ2v) is 29.3. The number of hydrogen-bond donors (Lipinski definition) is 11. The Morgan fingerprint density at radius 3 is 1.73 bits per heavy atom. The quantitative estimate of drug-likeness (QED) is 0.0158.